The van der Waals surface area contributed by atoms with Gasteiger partial charge in [0.1, 0.15) is 11.6 Å². The summed E-state index contributed by atoms with van der Waals surface area (Å²) in [6.07, 6.45) is 2.01. The zero-order valence-corrected chi connectivity index (χ0v) is 17.3. The maximum atomic E-state index is 13.5. The van der Waals surface area contributed by atoms with Crippen molar-refractivity contribution >= 4 is 21.7 Å². The number of carbonyl (C=O) groups is 1. The average molecular weight is 424 g/mol. The van der Waals surface area contributed by atoms with Gasteiger partial charge in [0.05, 0.1) is 11.4 Å². The lowest BCUT2D eigenvalue weighted by Crippen LogP contribution is -2.38. The normalized spacial score (nSPS) is 18.6. The molecule has 0 bridgehead atoms. The molecule has 1 aliphatic rings. The van der Waals surface area contributed by atoms with Crippen LogP contribution in [0.4, 0.5) is 10.2 Å². The van der Waals surface area contributed by atoms with Crippen LogP contribution in [0, 0.1) is 12.7 Å². The molecule has 1 aliphatic heterocycles. The monoisotopic (exact) mass is 424 g/mol. The Kier molecular flexibility index (Phi) is 6.66. The fourth-order valence-electron chi connectivity index (χ4n) is 3.46. The van der Waals surface area contributed by atoms with Crippen LogP contribution in [-0.2, 0) is 14.8 Å². The third-order valence-electron chi connectivity index (χ3n) is 5.04. The molecule has 29 heavy (non-hydrogen) atoms. The van der Waals surface area contributed by atoms with Crippen LogP contribution in [-0.4, -0.2) is 61.4 Å². The van der Waals surface area contributed by atoms with Gasteiger partial charge in [-0.25, -0.2) is 12.8 Å². The summed E-state index contributed by atoms with van der Waals surface area (Å²) in [5.74, 6) is 0.207. The van der Waals surface area contributed by atoms with Gasteiger partial charge < -0.3 is 9.84 Å². The first-order chi connectivity index (χ1) is 13.8. The molecule has 1 saturated heterocycles. The number of likely N-dealkylation sites (tertiary alicyclic amines) is 1. The molecule has 1 fully saturated rings. The summed E-state index contributed by atoms with van der Waals surface area (Å²) in [6.45, 7) is 3.21. The molecule has 0 radical (unpaired) electrons. The smallest absolute Gasteiger partial charge is 0.243 e. The van der Waals surface area contributed by atoms with E-state index >= 15 is 0 Å². The van der Waals surface area contributed by atoms with Gasteiger partial charge in [0, 0.05) is 25.7 Å². The molecule has 0 spiro atoms. The molecule has 1 aromatic carbocycles. The number of sulfonamides is 1. The van der Waals surface area contributed by atoms with Crippen LogP contribution in [0.2, 0.25) is 0 Å². The maximum absolute atomic E-state index is 13.5. The van der Waals surface area contributed by atoms with Crippen molar-refractivity contribution in [1.82, 2.24) is 14.4 Å². The van der Waals surface area contributed by atoms with Gasteiger partial charge in [-0.15, -0.1) is 0 Å². The molecule has 10 heteroatoms. The Balaban J connectivity index is 1.58. The summed E-state index contributed by atoms with van der Waals surface area (Å²) >= 11 is 0. The number of benzene rings is 1. The van der Waals surface area contributed by atoms with Crippen molar-refractivity contribution in [2.24, 2.45) is 0 Å². The number of aromatic nitrogens is 1. The van der Waals surface area contributed by atoms with Gasteiger partial charge in [-0.1, -0.05) is 11.2 Å². The Bertz CT molecular complexity index is 963. The molecular weight excluding hydrogens is 399 g/mol. The molecule has 0 saturated carbocycles. The first-order valence-corrected chi connectivity index (χ1v) is 10.9. The van der Waals surface area contributed by atoms with E-state index in [4.69, 9.17) is 4.52 Å². The van der Waals surface area contributed by atoms with Crippen molar-refractivity contribution in [3.63, 3.8) is 0 Å². The van der Waals surface area contributed by atoms with Crippen LogP contribution in [0.15, 0.2) is 39.8 Å². The highest BCUT2D eigenvalue weighted by atomic mass is 32.2. The Morgan fingerprint density at radius 3 is 2.83 bits per heavy atom. The van der Waals surface area contributed by atoms with Gasteiger partial charge in [-0.3, -0.25) is 9.69 Å². The number of halogens is 1. The van der Waals surface area contributed by atoms with Crippen molar-refractivity contribution in [2.75, 3.05) is 32.0 Å². The van der Waals surface area contributed by atoms with E-state index in [0.717, 1.165) is 12.5 Å². The second-order valence-corrected chi connectivity index (χ2v) is 9.21. The van der Waals surface area contributed by atoms with Crippen molar-refractivity contribution in [3.05, 3.63) is 41.9 Å². The van der Waals surface area contributed by atoms with Crippen LogP contribution in [0.3, 0.4) is 0 Å². The molecule has 1 N–H and O–H groups in total. The second-order valence-electron chi connectivity index (χ2n) is 7.21. The molecule has 1 amide bonds. The highest BCUT2D eigenvalue weighted by Crippen LogP contribution is 2.23. The van der Waals surface area contributed by atoms with Gasteiger partial charge in [0.15, 0.2) is 5.82 Å². The summed E-state index contributed by atoms with van der Waals surface area (Å²) in [4.78, 5) is 14.2. The first kappa shape index (κ1) is 21.4. The fraction of sp³-hybridized carbons (Fsp3) is 0.474. The molecule has 3 rings (SSSR count). The molecule has 158 valence electrons. The Morgan fingerprint density at radius 1 is 1.34 bits per heavy atom. The third-order valence-corrected chi connectivity index (χ3v) is 6.95. The number of nitrogens with one attached hydrogen (secondary N) is 1. The Labute approximate surface area is 169 Å². The molecule has 0 aliphatic carbocycles. The molecule has 1 unspecified atom stereocenters. The second kappa shape index (κ2) is 9.02. The van der Waals surface area contributed by atoms with Gasteiger partial charge >= 0.3 is 0 Å². The summed E-state index contributed by atoms with van der Waals surface area (Å²) in [5.41, 5.74) is 0. The van der Waals surface area contributed by atoms with Crippen molar-refractivity contribution in [2.45, 2.75) is 37.1 Å². The summed E-state index contributed by atoms with van der Waals surface area (Å²) in [7, 11) is -2.25. The van der Waals surface area contributed by atoms with Gasteiger partial charge in [-0.2, -0.15) is 4.31 Å². The predicted octanol–water partition coefficient (Wildman–Crippen LogP) is 2.24. The van der Waals surface area contributed by atoms with Crippen LogP contribution < -0.4 is 5.32 Å². The van der Waals surface area contributed by atoms with Crippen molar-refractivity contribution in [3.8, 4) is 0 Å². The number of nitrogens with zero attached hydrogens (tertiary/aromatic N) is 3. The van der Waals surface area contributed by atoms with E-state index < -0.39 is 15.8 Å². The van der Waals surface area contributed by atoms with Crippen LogP contribution in [0.5, 0.6) is 0 Å². The molecule has 8 nitrogen and oxygen atoms in total. The highest BCUT2D eigenvalue weighted by molar-refractivity contribution is 7.89. The minimum Gasteiger partial charge on any atom is -0.360 e. The van der Waals surface area contributed by atoms with E-state index in [1.54, 1.807) is 13.0 Å². The molecular formula is C19H25FN4O4S. The van der Waals surface area contributed by atoms with Gasteiger partial charge in [-0.05, 0) is 50.9 Å². The number of hydrogen-bond acceptors (Lipinski definition) is 6. The third kappa shape index (κ3) is 5.40. The van der Waals surface area contributed by atoms with E-state index in [2.05, 4.69) is 10.5 Å². The maximum Gasteiger partial charge on any atom is 0.243 e. The molecule has 1 aromatic heterocycles. The fourth-order valence-corrected chi connectivity index (χ4v) is 4.91. The van der Waals surface area contributed by atoms with E-state index in [1.165, 1.54) is 29.6 Å². The predicted molar refractivity (Wildman–Crippen MR) is 105 cm³/mol. The van der Waals surface area contributed by atoms with Crippen molar-refractivity contribution in [1.29, 1.82) is 0 Å². The Morgan fingerprint density at radius 2 is 2.14 bits per heavy atom. The number of hydrogen-bond donors (Lipinski definition) is 1. The SMILES string of the molecule is Cc1cc(NC(=O)CN2CCCC(N(C)S(=O)(=O)c3cccc(F)c3)CC2)no1. The summed E-state index contributed by atoms with van der Waals surface area (Å²) in [5, 5.41) is 6.43. The zero-order chi connectivity index (χ0) is 21.0. The zero-order valence-electron chi connectivity index (χ0n) is 16.5. The minimum absolute atomic E-state index is 0.0524. The average Bonchev–Trinajstić information content (AvgIpc) is 2.94. The lowest BCUT2D eigenvalue weighted by molar-refractivity contribution is -0.117. The standard InChI is InChI=1S/C19H25FN4O4S/c1-14-11-18(22-28-14)21-19(25)13-24-9-4-6-16(8-10-24)23(2)29(26,27)17-7-3-5-15(20)12-17/h3,5,7,11-12,16H,4,6,8-10,13H2,1-2H3,(H,21,22,25). The molecule has 2 heterocycles. The topological polar surface area (TPSA) is 95.8 Å². The largest absolute Gasteiger partial charge is 0.360 e. The number of carbonyl (C=O) groups excluding carboxylic acids is 1. The number of aryl methyl sites for hydroxylation is 1. The van der Waals surface area contributed by atoms with E-state index in [-0.39, 0.29) is 23.4 Å². The number of rotatable bonds is 6. The summed E-state index contributed by atoms with van der Waals surface area (Å²) in [6, 6.07) is 6.46. The lowest BCUT2D eigenvalue weighted by atomic mass is 10.1. The summed E-state index contributed by atoms with van der Waals surface area (Å²) < 4.78 is 45.4. The van der Waals surface area contributed by atoms with E-state index in [9.17, 15) is 17.6 Å². The minimum atomic E-state index is -3.78. The van der Waals surface area contributed by atoms with E-state index in [0.29, 0.717) is 37.5 Å². The van der Waals surface area contributed by atoms with Crippen LogP contribution >= 0.6 is 0 Å². The quantitative estimate of drug-likeness (QED) is 0.764. The lowest BCUT2D eigenvalue weighted by Gasteiger charge is -2.26. The highest BCUT2D eigenvalue weighted by Gasteiger charge is 2.30. The molecule has 2 aromatic rings. The van der Waals surface area contributed by atoms with Crippen LogP contribution in [0.1, 0.15) is 25.0 Å². The van der Waals surface area contributed by atoms with Gasteiger partial charge in [0.25, 0.3) is 0 Å². The number of anilines is 1. The van der Waals surface area contributed by atoms with Crippen molar-refractivity contribution < 1.29 is 22.1 Å². The Hall–Kier alpha value is -2.30. The van der Waals surface area contributed by atoms with Crippen LogP contribution in [0.25, 0.3) is 0 Å². The number of amides is 1. The molecule has 1 atom stereocenters. The first-order valence-electron chi connectivity index (χ1n) is 9.45. The van der Waals surface area contributed by atoms with Gasteiger partial charge in [0.2, 0.25) is 15.9 Å². The van der Waals surface area contributed by atoms with E-state index in [1.807, 2.05) is 4.90 Å².